The normalized spacial score (nSPS) is 10.7. The highest BCUT2D eigenvalue weighted by atomic mass is 32.2. The Morgan fingerprint density at radius 1 is 1.48 bits per heavy atom. The molecule has 0 aromatic carbocycles. The highest BCUT2D eigenvalue weighted by Gasteiger charge is 2.17. The maximum Gasteiger partial charge on any atom is 0.263 e. The Balaban J connectivity index is 1.97. The fourth-order valence-electron chi connectivity index (χ4n) is 2.34. The number of terminal acetylenes is 1. The van der Waals surface area contributed by atoms with E-state index in [1.807, 2.05) is 29.8 Å². The number of carbonyl (C=O) groups excluding carboxylic acids is 1. The Labute approximate surface area is 157 Å². The van der Waals surface area contributed by atoms with Crippen LogP contribution in [0.25, 0.3) is 20.7 Å². The molecule has 3 rings (SSSR count). The molecular formula is C17H15N3O2S3. The molecular weight excluding hydrogens is 374 g/mol. The molecule has 3 aromatic rings. The van der Waals surface area contributed by atoms with Crippen molar-refractivity contribution in [2.45, 2.75) is 18.6 Å². The number of thiophene rings is 2. The summed E-state index contributed by atoms with van der Waals surface area (Å²) in [6, 6.07) is 3.97. The molecule has 0 unspecified atom stereocenters. The lowest BCUT2D eigenvalue weighted by Crippen LogP contribution is -2.27. The van der Waals surface area contributed by atoms with Crippen molar-refractivity contribution < 1.29 is 4.79 Å². The van der Waals surface area contributed by atoms with Crippen molar-refractivity contribution in [2.75, 3.05) is 12.3 Å². The zero-order valence-corrected chi connectivity index (χ0v) is 15.9. The molecule has 1 N–H and O–H groups in total. The number of nitrogens with zero attached hydrogens (tertiary/aromatic N) is 2. The number of rotatable bonds is 6. The molecule has 1 amide bonds. The third-order valence-electron chi connectivity index (χ3n) is 3.48. The van der Waals surface area contributed by atoms with Gasteiger partial charge in [0.1, 0.15) is 4.83 Å². The van der Waals surface area contributed by atoms with Gasteiger partial charge in [0.15, 0.2) is 5.16 Å². The van der Waals surface area contributed by atoms with Crippen LogP contribution in [0.1, 0.15) is 6.92 Å². The fraction of sp³-hybridized carbons (Fsp3) is 0.235. The summed E-state index contributed by atoms with van der Waals surface area (Å²) in [5.74, 6) is 2.35. The highest BCUT2D eigenvalue weighted by Crippen LogP contribution is 2.34. The van der Waals surface area contributed by atoms with E-state index in [4.69, 9.17) is 6.42 Å². The summed E-state index contributed by atoms with van der Waals surface area (Å²) in [6.45, 7) is 2.59. The quantitative estimate of drug-likeness (QED) is 0.400. The van der Waals surface area contributed by atoms with Crippen molar-refractivity contribution in [2.24, 2.45) is 0 Å². The van der Waals surface area contributed by atoms with Crippen molar-refractivity contribution in [1.82, 2.24) is 14.9 Å². The van der Waals surface area contributed by atoms with Gasteiger partial charge < -0.3 is 5.32 Å². The van der Waals surface area contributed by atoms with Gasteiger partial charge in [-0.1, -0.05) is 23.7 Å². The van der Waals surface area contributed by atoms with Crippen LogP contribution in [0.3, 0.4) is 0 Å². The molecule has 0 saturated heterocycles. The van der Waals surface area contributed by atoms with Crippen LogP contribution in [0.5, 0.6) is 0 Å². The summed E-state index contributed by atoms with van der Waals surface area (Å²) in [5, 5.41) is 7.77. The van der Waals surface area contributed by atoms with Gasteiger partial charge in [-0.25, -0.2) is 4.98 Å². The molecule has 128 valence electrons. The summed E-state index contributed by atoms with van der Waals surface area (Å²) >= 11 is 4.30. The van der Waals surface area contributed by atoms with Crippen LogP contribution in [0.15, 0.2) is 32.8 Å². The Bertz CT molecular complexity index is 997. The van der Waals surface area contributed by atoms with Gasteiger partial charge in [-0.3, -0.25) is 14.2 Å². The number of fused-ring (bicyclic) bond motifs is 1. The third kappa shape index (κ3) is 3.63. The largest absolute Gasteiger partial charge is 0.344 e. The summed E-state index contributed by atoms with van der Waals surface area (Å²) in [7, 11) is 0. The first-order chi connectivity index (χ1) is 12.2. The second-order valence-electron chi connectivity index (χ2n) is 5.02. The topological polar surface area (TPSA) is 64.0 Å². The van der Waals surface area contributed by atoms with E-state index in [1.54, 1.807) is 15.9 Å². The Kier molecular flexibility index (Phi) is 5.58. The first-order valence-corrected chi connectivity index (χ1v) is 10.3. The molecule has 0 bridgehead atoms. The third-order valence-corrected chi connectivity index (χ3v) is 6.23. The first kappa shape index (κ1) is 17.7. The number of aromatic nitrogens is 2. The summed E-state index contributed by atoms with van der Waals surface area (Å²) < 4.78 is 1.62. The second kappa shape index (κ2) is 7.87. The lowest BCUT2D eigenvalue weighted by molar-refractivity contribution is -0.118. The van der Waals surface area contributed by atoms with Gasteiger partial charge in [-0.15, -0.1) is 29.1 Å². The lowest BCUT2D eigenvalue weighted by atomic mass is 10.2. The summed E-state index contributed by atoms with van der Waals surface area (Å²) in [5.41, 5.74) is 0.863. The molecule has 0 saturated carbocycles. The van der Waals surface area contributed by atoms with Crippen LogP contribution in [0.4, 0.5) is 0 Å². The number of carbonyl (C=O) groups is 1. The van der Waals surface area contributed by atoms with Gasteiger partial charge >= 0.3 is 0 Å². The van der Waals surface area contributed by atoms with Gasteiger partial charge in [0, 0.05) is 22.4 Å². The van der Waals surface area contributed by atoms with Crippen molar-refractivity contribution in [3.05, 3.63) is 33.2 Å². The molecule has 3 heterocycles. The molecule has 0 aliphatic heterocycles. The molecule has 3 aromatic heterocycles. The lowest BCUT2D eigenvalue weighted by Gasteiger charge is -2.10. The first-order valence-electron chi connectivity index (χ1n) is 7.54. The maximum absolute atomic E-state index is 13.0. The van der Waals surface area contributed by atoms with E-state index in [0.717, 1.165) is 10.4 Å². The molecule has 25 heavy (non-hydrogen) atoms. The molecule has 0 aliphatic rings. The molecule has 8 heteroatoms. The average Bonchev–Trinajstić information content (AvgIpc) is 3.27. The monoisotopic (exact) mass is 389 g/mol. The molecule has 0 fully saturated rings. The Morgan fingerprint density at radius 2 is 2.32 bits per heavy atom. The zero-order chi connectivity index (χ0) is 17.8. The van der Waals surface area contributed by atoms with E-state index in [-0.39, 0.29) is 23.8 Å². The standard InChI is InChI=1S/C17H15N3O2S3/c1-3-7-18-13(21)10-25-17-19-15-14(16(22)20(17)4-2)11(9-24-15)12-6-5-8-23-12/h1,5-6,8-9H,4,7,10H2,2H3,(H,18,21). The van der Waals surface area contributed by atoms with E-state index in [0.29, 0.717) is 21.9 Å². The molecule has 5 nitrogen and oxygen atoms in total. The van der Waals surface area contributed by atoms with Gasteiger partial charge in [0.2, 0.25) is 5.91 Å². The Hall–Kier alpha value is -2.08. The highest BCUT2D eigenvalue weighted by molar-refractivity contribution is 7.99. The average molecular weight is 390 g/mol. The predicted molar refractivity (Wildman–Crippen MR) is 105 cm³/mol. The molecule has 0 atom stereocenters. The van der Waals surface area contributed by atoms with Crippen LogP contribution < -0.4 is 10.9 Å². The van der Waals surface area contributed by atoms with Crippen LogP contribution in [-0.2, 0) is 11.3 Å². The summed E-state index contributed by atoms with van der Waals surface area (Å²) in [4.78, 5) is 31.1. The SMILES string of the molecule is C#CCNC(=O)CSc1nc2scc(-c3cccs3)c2c(=O)n1CC. The number of amides is 1. The van der Waals surface area contributed by atoms with Crippen molar-refractivity contribution in [3.63, 3.8) is 0 Å². The zero-order valence-electron chi connectivity index (χ0n) is 13.4. The van der Waals surface area contributed by atoms with Crippen molar-refractivity contribution in [3.8, 4) is 22.8 Å². The van der Waals surface area contributed by atoms with Crippen molar-refractivity contribution >= 4 is 50.6 Å². The summed E-state index contributed by atoms with van der Waals surface area (Å²) in [6.07, 6.45) is 5.13. The van der Waals surface area contributed by atoms with Gasteiger partial charge in [-0.2, -0.15) is 0 Å². The smallest absolute Gasteiger partial charge is 0.263 e. The Morgan fingerprint density at radius 3 is 3.00 bits per heavy atom. The van der Waals surface area contributed by atoms with Gasteiger partial charge in [0.25, 0.3) is 5.56 Å². The number of hydrogen-bond donors (Lipinski definition) is 1. The second-order valence-corrected chi connectivity index (χ2v) is 7.77. The minimum Gasteiger partial charge on any atom is -0.344 e. The number of nitrogens with one attached hydrogen (secondary N) is 1. The van der Waals surface area contributed by atoms with E-state index < -0.39 is 0 Å². The number of hydrogen-bond acceptors (Lipinski definition) is 6. The predicted octanol–water partition coefficient (Wildman–Crippen LogP) is 3.05. The van der Waals surface area contributed by atoms with E-state index in [2.05, 4.69) is 16.2 Å². The molecule has 0 radical (unpaired) electrons. The minimum absolute atomic E-state index is 0.0660. The van der Waals surface area contributed by atoms with Crippen LogP contribution in [0, 0.1) is 12.3 Å². The van der Waals surface area contributed by atoms with Crippen LogP contribution in [0.2, 0.25) is 0 Å². The van der Waals surface area contributed by atoms with Gasteiger partial charge in [-0.05, 0) is 18.4 Å². The van der Waals surface area contributed by atoms with Crippen LogP contribution >= 0.6 is 34.4 Å². The van der Waals surface area contributed by atoms with E-state index in [1.165, 1.54) is 23.1 Å². The van der Waals surface area contributed by atoms with Gasteiger partial charge in [0.05, 0.1) is 17.7 Å². The van der Waals surface area contributed by atoms with E-state index >= 15 is 0 Å². The molecule has 0 spiro atoms. The molecule has 0 aliphatic carbocycles. The van der Waals surface area contributed by atoms with E-state index in [9.17, 15) is 9.59 Å². The fourth-order valence-corrected chi connectivity index (χ4v) is 5.03. The van der Waals surface area contributed by atoms with Crippen molar-refractivity contribution in [1.29, 1.82) is 0 Å². The van der Waals surface area contributed by atoms with Crippen LogP contribution in [-0.4, -0.2) is 27.8 Å². The maximum atomic E-state index is 13.0. The minimum atomic E-state index is -0.176. The number of thioether (sulfide) groups is 1.